The summed E-state index contributed by atoms with van der Waals surface area (Å²) in [6.45, 7) is 4.01. The van der Waals surface area contributed by atoms with E-state index in [0.29, 0.717) is 0 Å². The maximum atomic E-state index is 4.23. The summed E-state index contributed by atoms with van der Waals surface area (Å²) in [7, 11) is 0. The number of benzene rings is 1. The van der Waals surface area contributed by atoms with E-state index in [9.17, 15) is 0 Å². The smallest absolute Gasteiger partial charge is 0.116 e. The van der Waals surface area contributed by atoms with Crippen LogP contribution in [0.4, 0.5) is 11.4 Å². The van der Waals surface area contributed by atoms with Crippen LogP contribution in [0.15, 0.2) is 20.0 Å². The first kappa shape index (κ1) is 7.55. The van der Waals surface area contributed by atoms with Crippen molar-refractivity contribution in [1.82, 2.24) is 0 Å². The zero-order valence-electron chi connectivity index (χ0n) is 7.94. The molecule has 14 heavy (non-hydrogen) atoms. The summed E-state index contributed by atoms with van der Waals surface area (Å²) in [5.41, 5.74) is 4.01. The molecule has 0 aromatic heterocycles. The highest BCUT2D eigenvalue weighted by molar-refractivity contribution is 5.76. The number of hydrogen-bond acceptors (Lipinski definition) is 4. The molecule has 4 heteroatoms. The fourth-order valence-corrected chi connectivity index (χ4v) is 1.86. The van der Waals surface area contributed by atoms with Gasteiger partial charge in [0.05, 0.1) is 22.1 Å². The van der Waals surface area contributed by atoms with Crippen molar-refractivity contribution in [3.63, 3.8) is 0 Å². The van der Waals surface area contributed by atoms with E-state index in [4.69, 9.17) is 0 Å². The molecule has 2 aliphatic rings. The number of fused-ring (bicyclic) bond motifs is 2. The van der Waals surface area contributed by atoms with Crippen molar-refractivity contribution in [1.29, 1.82) is 0 Å². The van der Waals surface area contributed by atoms with Crippen molar-refractivity contribution in [2.75, 3.05) is 0 Å². The lowest BCUT2D eigenvalue weighted by molar-refractivity contribution is 1.23. The van der Waals surface area contributed by atoms with E-state index in [1.165, 1.54) is 0 Å². The van der Waals surface area contributed by atoms with Crippen molar-refractivity contribution in [3.05, 3.63) is 21.8 Å². The first-order valence-corrected chi connectivity index (χ1v) is 4.43. The van der Waals surface area contributed by atoms with Gasteiger partial charge in [-0.15, -0.1) is 0 Å². The van der Waals surface area contributed by atoms with E-state index < -0.39 is 0 Å². The minimum Gasteiger partial charge on any atom is -0.234 e. The molecule has 1 aromatic rings. The molecule has 0 spiro atoms. The van der Waals surface area contributed by atoms with Gasteiger partial charge in [0.2, 0.25) is 0 Å². The van der Waals surface area contributed by atoms with E-state index in [2.05, 4.69) is 20.0 Å². The highest BCUT2D eigenvalue weighted by Gasteiger charge is 2.16. The van der Waals surface area contributed by atoms with E-state index in [-0.39, 0.29) is 0 Å². The molecule has 0 unspecified atom stereocenters. The van der Waals surface area contributed by atoms with Gasteiger partial charge in [-0.2, -0.15) is 0 Å². The van der Waals surface area contributed by atoms with E-state index in [0.717, 1.165) is 33.2 Å². The summed E-state index contributed by atoms with van der Waals surface area (Å²) in [5.74, 6) is 0. The second-order valence-corrected chi connectivity index (χ2v) is 3.39. The average molecular weight is 184 g/mol. The highest BCUT2D eigenvalue weighted by atomic mass is 15.0. The monoisotopic (exact) mass is 184 g/mol. The van der Waals surface area contributed by atoms with Crippen LogP contribution in [0.5, 0.6) is 0 Å². The maximum absolute atomic E-state index is 4.23. The molecule has 68 valence electrons. The summed E-state index contributed by atoms with van der Waals surface area (Å²) >= 11 is 0. The maximum Gasteiger partial charge on any atom is 0.116 e. The lowest BCUT2D eigenvalue weighted by atomic mass is 10.1. The number of hydrogen-bond donors (Lipinski definition) is 0. The predicted octanol–water partition coefficient (Wildman–Crippen LogP) is 0.889. The molecule has 0 aliphatic carbocycles. The Balaban J connectivity index is 2.61. The van der Waals surface area contributed by atoms with Crippen molar-refractivity contribution < 1.29 is 0 Å². The van der Waals surface area contributed by atoms with Crippen molar-refractivity contribution in [2.45, 2.75) is 13.8 Å². The lowest BCUT2D eigenvalue weighted by Crippen LogP contribution is -2.16. The predicted molar refractivity (Wildman–Crippen MR) is 54.5 cm³/mol. The summed E-state index contributed by atoms with van der Waals surface area (Å²) < 4.78 is 0. The third-order valence-electron chi connectivity index (χ3n) is 2.62. The van der Waals surface area contributed by atoms with Crippen LogP contribution in [0.3, 0.4) is 0 Å². The van der Waals surface area contributed by atoms with Gasteiger partial charge in [-0.05, 0) is 13.8 Å². The van der Waals surface area contributed by atoms with Gasteiger partial charge < -0.3 is 0 Å². The third kappa shape index (κ3) is 0.731. The second-order valence-electron chi connectivity index (χ2n) is 3.39. The van der Waals surface area contributed by atoms with Gasteiger partial charge >= 0.3 is 0 Å². The number of aliphatic imine (C=N–C) groups is 2. The first-order valence-electron chi connectivity index (χ1n) is 4.43. The van der Waals surface area contributed by atoms with Gasteiger partial charge in [0, 0.05) is 11.1 Å². The quantitative estimate of drug-likeness (QED) is 0.575. The third-order valence-corrected chi connectivity index (χ3v) is 2.62. The zero-order chi connectivity index (χ0) is 9.71. The van der Waals surface area contributed by atoms with Crippen LogP contribution in [0, 0.1) is 13.8 Å². The Labute approximate surface area is 80.5 Å². The minimum absolute atomic E-state index is 0.940. The Kier molecular flexibility index (Phi) is 1.27. The Morgan fingerprint density at radius 3 is 1.64 bits per heavy atom. The molecule has 1 aromatic carbocycles. The van der Waals surface area contributed by atoms with Crippen molar-refractivity contribution >= 4 is 24.1 Å². The number of nitrogens with zero attached hydrogens (tertiary/aromatic N) is 4. The average Bonchev–Trinajstić information content (AvgIpc) is 2.82. The molecule has 0 radical (unpaired) electrons. The van der Waals surface area contributed by atoms with Gasteiger partial charge in [-0.3, -0.25) is 0 Å². The van der Waals surface area contributed by atoms with E-state index in [1.54, 1.807) is 12.7 Å². The largest absolute Gasteiger partial charge is 0.234 e. The molecular weight excluding hydrogens is 176 g/mol. The Hall–Kier alpha value is -1.84. The molecule has 0 fully saturated rings. The lowest BCUT2D eigenvalue weighted by Gasteiger charge is -2.02. The van der Waals surface area contributed by atoms with Crippen LogP contribution in [0.1, 0.15) is 11.1 Å². The zero-order valence-corrected chi connectivity index (χ0v) is 7.94. The molecule has 3 rings (SSSR count). The topological polar surface area (TPSA) is 49.4 Å². The Morgan fingerprint density at radius 2 is 1.21 bits per heavy atom. The second kappa shape index (κ2) is 2.35. The fourth-order valence-electron chi connectivity index (χ4n) is 1.86. The van der Waals surface area contributed by atoms with Gasteiger partial charge in [-0.25, -0.2) is 20.0 Å². The first-order chi connectivity index (χ1) is 6.79. The summed E-state index contributed by atoms with van der Waals surface area (Å²) in [5, 5.41) is 1.88. The van der Waals surface area contributed by atoms with E-state index in [1.807, 2.05) is 13.8 Å². The van der Waals surface area contributed by atoms with Crippen LogP contribution in [-0.4, -0.2) is 12.7 Å². The van der Waals surface area contributed by atoms with Gasteiger partial charge in [-0.1, -0.05) is 0 Å². The molecule has 0 bridgehead atoms. The fraction of sp³-hybridized carbons (Fsp3) is 0.200. The molecular formula is C10H8N4. The normalized spacial score (nSPS) is 15.0. The van der Waals surface area contributed by atoms with Crippen LogP contribution >= 0.6 is 0 Å². The summed E-state index contributed by atoms with van der Waals surface area (Å²) in [6.07, 6.45) is 3.17. The van der Waals surface area contributed by atoms with Gasteiger partial charge in [0.1, 0.15) is 12.7 Å². The molecule has 2 aliphatic heterocycles. The van der Waals surface area contributed by atoms with Crippen LogP contribution < -0.4 is 10.7 Å². The number of rotatable bonds is 0. The van der Waals surface area contributed by atoms with Gasteiger partial charge in [0.15, 0.2) is 0 Å². The van der Waals surface area contributed by atoms with Crippen LogP contribution in [0.25, 0.3) is 0 Å². The highest BCUT2D eigenvalue weighted by Crippen LogP contribution is 2.21. The molecule has 0 N–H and O–H groups in total. The van der Waals surface area contributed by atoms with Crippen LogP contribution in [-0.2, 0) is 0 Å². The molecule has 2 heterocycles. The Bertz CT molecular complexity index is 552. The van der Waals surface area contributed by atoms with Crippen molar-refractivity contribution in [3.8, 4) is 0 Å². The SMILES string of the molecule is Cc1c2c(c(C)c3c1=NC=N3)=NC=N2. The molecule has 0 atom stereocenters. The standard InChI is InChI=1S/C10H8N4/c1-5-7-9(13-3-11-7)6(2)10-8(5)12-4-14-10/h3-4H,1-2H3. The van der Waals surface area contributed by atoms with Crippen molar-refractivity contribution in [2.24, 2.45) is 20.0 Å². The molecule has 0 saturated heterocycles. The summed E-state index contributed by atoms with van der Waals surface area (Å²) in [6, 6.07) is 0. The Morgan fingerprint density at radius 1 is 0.786 bits per heavy atom. The molecule has 0 amide bonds. The summed E-state index contributed by atoms with van der Waals surface area (Å²) in [4.78, 5) is 16.9. The van der Waals surface area contributed by atoms with E-state index >= 15 is 0 Å². The molecule has 0 saturated carbocycles. The van der Waals surface area contributed by atoms with Crippen LogP contribution in [0.2, 0.25) is 0 Å². The van der Waals surface area contributed by atoms with Gasteiger partial charge in [0.25, 0.3) is 0 Å². The molecule has 4 nitrogen and oxygen atoms in total. The minimum atomic E-state index is 0.940.